The number of hydrogen-bond acceptors (Lipinski definition) is 5. The van der Waals surface area contributed by atoms with Crippen LogP contribution in [0.3, 0.4) is 0 Å². The molecule has 0 radical (unpaired) electrons. The van der Waals surface area contributed by atoms with Crippen LogP contribution in [0.1, 0.15) is 258 Å². The number of esters is 1. The summed E-state index contributed by atoms with van der Waals surface area (Å²) >= 11 is 0. The molecule has 0 rings (SSSR count). The Morgan fingerprint density at radius 3 is 1.33 bits per heavy atom. The number of carbonyl (C=O) groups excluding carboxylic acids is 2. The number of aliphatic hydroxyl groups is 2. The molecule has 0 saturated carbocycles. The molecule has 58 heavy (non-hydrogen) atoms. The van der Waals surface area contributed by atoms with Crippen molar-refractivity contribution < 1.29 is 24.5 Å². The first-order valence-electron chi connectivity index (χ1n) is 25.2. The minimum absolute atomic E-state index is 0.0243. The van der Waals surface area contributed by atoms with Crippen molar-refractivity contribution in [2.75, 3.05) is 13.2 Å². The highest BCUT2D eigenvalue weighted by Crippen LogP contribution is 2.15. The van der Waals surface area contributed by atoms with Gasteiger partial charge in [0.1, 0.15) is 0 Å². The number of allylic oxidation sites excluding steroid dienone is 6. The molecule has 0 aliphatic heterocycles. The Kier molecular flexibility index (Phi) is 46.2. The first kappa shape index (κ1) is 56.1. The summed E-state index contributed by atoms with van der Waals surface area (Å²) in [5.41, 5.74) is 0. The molecule has 0 aliphatic rings. The molecule has 6 nitrogen and oxygen atoms in total. The van der Waals surface area contributed by atoms with Gasteiger partial charge in [-0.15, -0.1) is 0 Å². The predicted octanol–water partition coefficient (Wildman–Crippen LogP) is 14.9. The maximum atomic E-state index is 12.4. The molecule has 2 unspecified atom stereocenters. The van der Waals surface area contributed by atoms with Crippen LogP contribution >= 0.6 is 0 Å². The number of amides is 1. The average Bonchev–Trinajstić information content (AvgIpc) is 3.22. The summed E-state index contributed by atoms with van der Waals surface area (Å²) < 4.78 is 5.44. The highest BCUT2D eigenvalue weighted by Gasteiger charge is 2.20. The highest BCUT2D eigenvalue weighted by atomic mass is 16.5. The molecular formula is C52H97NO5. The van der Waals surface area contributed by atoms with Gasteiger partial charge in [0.05, 0.1) is 25.4 Å². The van der Waals surface area contributed by atoms with Crippen LogP contribution in [-0.2, 0) is 14.3 Å². The number of carbonyl (C=O) groups is 2. The van der Waals surface area contributed by atoms with Gasteiger partial charge in [-0.25, -0.2) is 0 Å². The fraction of sp³-hybridized carbons (Fsp3) is 0.846. The van der Waals surface area contributed by atoms with Crippen LogP contribution < -0.4 is 5.32 Å². The third-order valence-electron chi connectivity index (χ3n) is 11.4. The van der Waals surface area contributed by atoms with Crippen molar-refractivity contribution in [3.63, 3.8) is 0 Å². The average molecular weight is 816 g/mol. The zero-order valence-corrected chi connectivity index (χ0v) is 38.5. The second-order valence-corrected chi connectivity index (χ2v) is 17.1. The van der Waals surface area contributed by atoms with Crippen LogP contribution in [0.2, 0.25) is 0 Å². The van der Waals surface area contributed by atoms with Crippen LogP contribution in [0.5, 0.6) is 0 Å². The first-order chi connectivity index (χ1) is 28.5. The molecule has 0 bridgehead atoms. The van der Waals surface area contributed by atoms with Gasteiger partial charge in [0.15, 0.2) is 0 Å². The van der Waals surface area contributed by atoms with Crippen molar-refractivity contribution in [3.05, 3.63) is 36.5 Å². The first-order valence-corrected chi connectivity index (χ1v) is 25.2. The highest BCUT2D eigenvalue weighted by molar-refractivity contribution is 5.76. The Balaban J connectivity index is 3.49. The summed E-state index contributed by atoms with van der Waals surface area (Å²) in [6.07, 6.45) is 56.9. The molecule has 2 atom stereocenters. The minimum Gasteiger partial charge on any atom is -0.466 e. The molecule has 0 aliphatic carbocycles. The zero-order valence-electron chi connectivity index (χ0n) is 38.5. The SMILES string of the molecule is CCCCCCCC/C=C\CCCCCCCC(=O)OCCCCC/C=C\C/C=C\CCCCCCCCCC(=O)NC(CO)C(O)CCCCCCCCCCC. The van der Waals surface area contributed by atoms with Gasteiger partial charge in [-0.05, 0) is 89.9 Å². The fourth-order valence-electron chi connectivity index (χ4n) is 7.49. The summed E-state index contributed by atoms with van der Waals surface area (Å²) in [4.78, 5) is 24.4. The van der Waals surface area contributed by atoms with E-state index in [1.165, 1.54) is 141 Å². The molecule has 3 N–H and O–H groups in total. The van der Waals surface area contributed by atoms with Crippen LogP contribution in [0.25, 0.3) is 0 Å². The van der Waals surface area contributed by atoms with Crippen molar-refractivity contribution in [2.45, 2.75) is 270 Å². The molecule has 6 heteroatoms. The molecule has 0 saturated heterocycles. The molecule has 0 aromatic rings. The van der Waals surface area contributed by atoms with Crippen molar-refractivity contribution in [1.82, 2.24) is 5.32 Å². The lowest BCUT2D eigenvalue weighted by atomic mass is 10.0. The van der Waals surface area contributed by atoms with Gasteiger partial charge >= 0.3 is 5.97 Å². The Morgan fingerprint density at radius 1 is 0.483 bits per heavy atom. The van der Waals surface area contributed by atoms with E-state index in [2.05, 4.69) is 55.6 Å². The summed E-state index contributed by atoms with van der Waals surface area (Å²) in [5, 5.41) is 23.0. The van der Waals surface area contributed by atoms with Crippen LogP contribution in [0.4, 0.5) is 0 Å². The van der Waals surface area contributed by atoms with E-state index in [1.807, 2.05) is 0 Å². The lowest BCUT2D eigenvalue weighted by Gasteiger charge is -2.22. The third-order valence-corrected chi connectivity index (χ3v) is 11.4. The van der Waals surface area contributed by atoms with E-state index in [1.54, 1.807) is 0 Å². The summed E-state index contributed by atoms with van der Waals surface area (Å²) in [6, 6.07) is -0.552. The lowest BCUT2D eigenvalue weighted by molar-refractivity contribution is -0.143. The molecule has 0 heterocycles. The monoisotopic (exact) mass is 816 g/mol. The van der Waals surface area contributed by atoms with E-state index in [0.717, 1.165) is 83.5 Å². The second-order valence-electron chi connectivity index (χ2n) is 17.1. The van der Waals surface area contributed by atoms with E-state index < -0.39 is 12.1 Å². The molecular weight excluding hydrogens is 719 g/mol. The topological polar surface area (TPSA) is 95.9 Å². The van der Waals surface area contributed by atoms with Gasteiger partial charge in [0, 0.05) is 12.8 Å². The summed E-state index contributed by atoms with van der Waals surface area (Å²) in [6.45, 7) is 4.87. The number of nitrogens with one attached hydrogen (secondary N) is 1. The van der Waals surface area contributed by atoms with E-state index >= 15 is 0 Å². The van der Waals surface area contributed by atoms with E-state index in [0.29, 0.717) is 25.9 Å². The minimum atomic E-state index is -0.673. The van der Waals surface area contributed by atoms with Gasteiger partial charge in [0.2, 0.25) is 5.91 Å². The van der Waals surface area contributed by atoms with E-state index in [4.69, 9.17) is 4.74 Å². The number of unbranched alkanes of at least 4 members (excludes halogenated alkanes) is 29. The van der Waals surface area contributed by atoms with Gasteiger partial charge in [-0.2, -0.15) is 0 Å². The largest absolute Gasteiger partial charge is 0.466 e. The van der Waals surface area contributed by atoms with Gasteiger partial charge in [-0.1, -0.05) is 192 Å². The van der Waals surface area contributed by atoms with Gasteiger partial charge < -0.3 is 20.3 Å². The zero-order chi connectivity index (χ0) is 42.3. The Hall–Kier alpha value is -1.92. The number of ether oxygens (including phenoxy) is 1. The third kappa shape index (κ3) is 43.7. The molecule has 340 valence electrons. The standard InChI is InChI=1S/C52H97NO5/c1-3-5-7-9-11-13-14-15-19-23-26-30-34-38-42-46-52(57)58-47-43-39-35-31-27-24-21-18-16-17-20-22-25-29-33-37-41-45-51(56)53-49(48-54)50(55)44-40-36-32-28-12-10-8-6-4-2/h15-16,18-19,24,27,49-50,54-55H,3-14,17,20-23,25-26,28-48H2,1-2H3,(H,53,56)/b18-16-,19-15-,27-24-. The van der Waals surface area contributed by atoms with E-state index in [-0.39, 0.29) is 18.5 Å². The van der Waals surface area contributed by atoms with Crippen LogP contribution in [-0.4, -0.2) is 47.4 Å². The van der Waals surface area contributed by atoms with Crippen molar-refractivity contribution in [1.29, 1.82) is 0 Å². The number of rotatable bonds is 46. The maximum absolute atomic E-state index is 12.4. The summed E-state index contributed by atoms with van der Waals surface area (Å²) in [7, 11) is 0. The van der Waals surface area contributed by atoms with Crippen molar-refractivity contribution in [2.24, 2.45) is 0 Å². The Morgan fingerprint density at radius 2 is 0.862 bits per heavy atom. The van der Waals surface area contributed by atoms with Crippen LogP contribution in [0.15, 0.2) is 36.5 Å². The Labute approximate surface area is 360 Å². The maximum Gasteiger partial charge on any atom is 0.305 e. The van der Waals surface area contributed by atoms with Gasteiger partial charge in [-0.3, -0.25) is 9.59 Å². The molecule has 0 spiro atoms. The Bertz CT molecular complexity index is 946. The van der Waals surface area contributed by atoms with Gasteiger partial charge in [0.25, 0.3) is 0 Å². The normalized spacial score (nSPS) is 13.0. The lowest BCUT2D eigenvalue weighted by Crippen LogP contribution is -2.45. The summed E-state index contributed by atoms with van der Waals surface area (Å²) in [5.74, 6) is -0.0792. The van der Waals surface area contributed by atoms with Crippen LogP contribution in [0, 0.1) is 0 Å². The molecule has 1 amide bonds. The smallest absolute Gasteiger partial charge is 0.305 e. The number of hydrogen-bond donors (Lipinski definition) is 3. The second kappa shape index (κ2) is 47.8. The fourth-order valence-corrected chi connectivity index (χ4v) is 7.49. The molecule has 0 aromatic carbocycles. The quantitative estimate of drug-likeness (QED) is 0.0323. The van der Waals surface area contributed by atoms with Crippen molar-refractivity contribution >= 4 is 11.9 Å². The predicted molar refractivity (Wildman–Crippen MR) is 250 cm³/mol. The molecule has 0 aromatic heterocycles. The van der Waals surface area contributed by atoms with E-state index in [9.17, 15) is 19.8 Å². The van der Waals surface area contributed by atoms with Crippen molar-refractivity contribution in [3.8, 4) is 0 Å². The molecule has 0 fully saturated rings. The number of aliphatic hydroxyl groups excluding tert-OH is 2.